The van der Waals surface area contributed by atoms with Crippen LogP contribution in [-0.2, 0) is 16.0 Å². The fraction of sp³-hybridized carbons (Fsp3) is 0.545. The third-order valence-corrected chi connectivity index (χ3v) is 6.90. The zero-order chi connectivity index (χ0) is 23.6. The summed E-state index contributed by atoms with van der Waals surface area (Å²) in [5.74, 6) is -1.24. The molecule has 176 valence electrons. The normalized spacial score (nSPS) is 19.9. The maximum absolute atomic E-state index is 13.4. The molecule has 2 heterocycles. The Labute approximate surface area is 188 Å². The van der Waals surface area contributed by atoms with Crippen LogP contribution in [0.5, 0.6) is 0 Å². The average molecular weight is 472 g/mol. The van der Waals surface area contributed by atoms with Crippen molar-refractivity contribution in [3.63, 3.8) is 0 Å². The first-order valence-corrected chi connectivity index (χ1v) is 11.4. The molecule has 3 rings (SSSR count). The molecule has 1 aromatic carbocycles. The number of carbonyl (C=O) groups excluding carboxylic acids is 2. The van der Waals surface area contributed by atoms with Gasteiger partial charge in [0.25, 0.3) is 0 Å². The quantitative estimate of drug-likeness (QED) is 0.579. The van der Waals surface area contributed by atoms with Crippen molar-refractivity contribution < 1.29 is 27.9 Å². The van der Waals surface area contributed by atoms with Gasteiger partial charge in [0.05, 0.1) is 12.1 Å². The molecular formula is C22H28F3N3O3S. The van der Waals surface area contributed by atoms with Crippen LogP contribution in [0.3, 0.4) is 0 Å². The molecule has 1 saturated heterocycles. The van der Waals surface area contributed by atoms with Crippen molar-refractivity contribution in [2.24, 2.45) is 11.7 Å². The van der Waals surface area contributed by atoms with Crippen LogP contribution in [0.1, 0.15) is 32.3 Å². The first-order chi connectivity index (χ1) is 15.0. The minimum atomic E-state index is -4.91. The van der Waals surface area contributed by atoms with E-state index in [4.69, 9.17) is 5.73 Å². The van der Waals surface area contributed by atoms with E-state index in [0.717, 1.165) is 10.1 Å². The number of fused-ring (bicyclic) bond motifs is 1. The van der Waals surface area contributed by atoms with Crippen LogP contribution in [0.4, 0.5) is 13.2 Å². The van der Waals surface area contributed by atoms with Crippen LogP contribution in [0.25, 0.3) is 10.1 Å². The Balaban J connectivity index is 1.81. The number of nitrogens with zero attached hydrogens (tertiary/aromatic N) is 1. The second-order valence-corrected chi connectivity index (χ2v) is 9.43. The molecule has 6 nitrogen and oxygen atoms in total. The van der Waals surface area contributed by atoms with E-state index in [0.29, 0.717) is 24.9 Å². The van der Waals surface area contributed by atoms with Gasteiger partial charge in [-0.3, -0.25) is 9.59 Å². The first-order valence-electron chi connectivity index (χ1n) is 10.6. The summed E-state index contributed by atoms with van der Waals surface area (Å²) in [5, 5.41) is 14.9. The SMILES string of the molecule is CC(C)C(N)C(=O)N1CCCC1C(=O)NC(Cc1csc2ccccc12)C(O)C(F)(F)F. The Bertz CT molecular complexity index is 963. The van der Waals surface area contributed by atoms with Gasteiger partial charge in [-0.05, 0) is 47.6 Å². The summed E-state index contributed by atoms with van der Waals surface area (Å²) >= 11 is 1.39. The van der Waals surface area contributed by atoms with E-state index in [-0.39, 0.29) is 12.3 Å². The number of amides is 2. The Morgan fingerprint density at radius 1 is 1.31 bits per heavy atom. The molecule has 10 heteroatoms. The maximum atomic E-state index is 13.4. The molecule has 1 aromatic heterocycles. The summed E-state index contributed by atoms with van der Waals surface area (Å²) < 4.78 is 41.1. The van der Waals surface area contributed by atoms with E-state index in [1.54, 1.807) is 31.4 Å². The van der Waals surface area contributed by atoms with Crippen LogP contribution in [0, 0.1) is 5.92 Å². The third-order valence-electron chi connectivity index (χ3n) is 5.89. The summed E-state index contributed by atoms with van der Waals surface area (Å²) in [6.07, 6.45) is -6.96. The number of aliphatic hydroxyl groups excluding tert-OH is 1. The van der Waals surface area contributed by atoms with E-state index in [1.807, 2.05) is 12.1 Å². The number of nitrogens with one attached hydrogen (secondary N) is 1. The van der Waals surface area contributed by atoms with Gasteiger partial charge in [-0.2, -0.15) is 13.2 Å². The molecule has 4 N–H and O–H groups in total. The van der Waals surface area contributed by atoms with Gasteiger partial charge in [0, 0.05) is 11.2 Å². The van der Waals surface area contributed by atoms with Crippen molar-refractivity contribution in [2.75, 3.05) is 6.54 Å². The number of aliphatic hydroxyl groups is 1. The average Bonchev–Trinajstić information content (AvgIpc) is 3.38. The molecule has 1 fully saturated rings. The molecule has 1 aliphatic rings. The molecule has 0 aliphatic carbocycles. The van der Waals surface area contributed by atoms with E-state index in [1.165, 1.54) is 16.2 Å². The highest BCUT2D eigenvalue weighted by atomic mass is 32.1. The Hall–Kier alpha value is -2.17. The number of thiophene rings is 1. The number of alkyl halides is 3. The van der Waals surface area contributed by atoms with E-state index in [9.17, 15) is 27.9 Å². The number of carbonyl (C=O) groups is 2. The van der Waals surface area contributed by atoms with Crippen LogP contribution < -0.4 is 11.1 Å². The first kappa shape index (κ1) is 24.5. The van der Waals surface area contributed by atoms with Gasteiger partial charge >= 0.3 is 6.18 Å². The highest BCUT2D eigenvalue weighted by Gasteiger charge is 2.46. The van der Waals surface area contributed by atoms with Gasteiger partial charge in [0.1, 0.15) is 6.04 Å². The summed E-state index contributed by atoms with van der Waals surface area (Å²) in [5.41, 5.74) is 6.55. The number of rotatable bonds is 7. The number of halogens is 3. The number of nitrogens with two attached hydrogens (primary N) is 1. The largest absolute Gasteiger partial charge is 0.416 e. The lowest BCUT2D eigenvalue weighted by molar-refractivity contribution is -0.212. The molecule has 2 aromatic rings. The van der Waals surface area contributed by atoms with Crippen molar-refractivity contribution in [1.29, 1.82) is 0 Å². The van der Waals surface area contributed by atoms with Crippen LogP contribution in [0.15, 0.2) is 29.6 Å². The lowest BCUT2D eigenvalue weighted by Crippen LogP contribution is -2.57. The van der Waals surface area contributed by atoms with E-state index < -0.39 is 42.2 Å². The van der Waals surface area contributed by atoms with Gasteiger partial charge in [0.2, 0.25) is 11.8 Å². The lowest BCUT2D eigenvalue weighted by Gasteiger charge is -2.31. The molecule has 1 aliphatic heterocycles. The predicted octanol–water partition coefficient (Wildman–Crippen LogP) is 2.83. The van der Waals surface area contributed by atoms with Gasteiger partial charge < -0.3 is 21.1 Å². The highest BCUT2D eigenvalue weighted by Crippen LogP contribution is 2.30. The van der Waals surface area contributed by atoms with E-state index in [2.05, 4.69) is 5.32 Å². The topological polar surface area (TPSA) is 95.7 Å². The number of hydrogen-bond acceptors (Lipinski definition) is 5. The fourth-order valence-electron chi connectivity index (χ4n) is 3.96. The van der Waals surface area contributed by atoms with Crippen molar-refractivity contribution >= 4 is 33.2 Å². The molecule has 4 atom stereocenters. The van der Waals surface area contributed by atoms with Gasteiger partial charge in [0.15, 0.2) is 6.10 Å². The molecule has 0 radical (unpaired) electrons. The summed E-state index contributed by atoms with van der Waals surface area (Å²) in [4.78, 5) is 27.0. The van der Waals surface area contributed by atoms with Crippen molar-refractivity contribution in [3.8, 4) is 0 Å². The second-order valence-electron chi connectivity index (χ2n) is 8.52. The number of benzene rings is 1. The summed E-state index contributed by atoms with van der Waals surface area (Å²) in [7, 11) is 0. The van der Waals surface area contributed by atoms with Crippen molar-refractivity contribution in [1.82, 2.24) is 10.2 Å². The monoisotopic (exact) mass is 471 g/mol. The smallest absolute Gasteiger partial charge is 0.382 e. The lowest BCUT2D eigenvalue weighted by atomic mass is 9.99. The van der Waals surface area contributed by atoms with Gasteiger partial charge in [-0.25, -0.2) is 0 Å². The standard InChI is InChI=1S/C22H28F3N3O3S/c1-12(2)18(26)21(31)28-9-5-7-16(28)20(30)27-15(19(29)22(23,24)25)10-13-11-32-17-8-4-3-6-14(13)17/h3-4,6,8,11-12,15-16,18-19,29H,5,7,9-10,26H2,1-2H3,(H,27,30). The minimum Gasteiger partial charge on any atom is -0.382 e. The second kappa shape index (κ2) is 9.76. The number of likely N-dealkylation sites (tertiary alicyclic amines) is 1. The van der Waals surface area contributed by atoms with Gasteiger partial charge in [-0.15, -0.1) is 11.3 Å². The minimum absolute atomic E-state index is 0.140. The van der Waals surface area contributed by atoms with Crippen LogP contribution >= 0.6 is 11.3 Å². The zero-order valence-corrected chi connectivity index (χ0v) is 18.7. The van der Waals surface area contributed by atoms with Gasteiger partial charge in [-0.1, -0.05) is 32.0 Å². The molecule has 0 spiro atoms. The summed E-state index contributed by atoms with van der Waals surface area (Å²) in [6.45, 7) is 3.89. The van der Waals surface area contributed by atoms with Crippen LogP contribution in [-0.4, -0.2) is 58.8 Å². The molecule has 2 amide bonds. The Morgan fingerprint density at radius 3 is 2.66 bits per heavy atom. The maximum Gasteiger partial charge on any atom is 0.416 e. The predicted molar refractivity (Wildman–Crippen MR) is 117 cm³/mol. The Kier molecular flexibility index (Phi) is 7.46. The zero-order valence-electron chi connectivity index (χ0n) is 17.9. The van der Waals surface area contributed by atoms with Crippen molar-refractivity contribution in [3.05, 3.63) is 35.2 Å². The highest BCUT2D eigenvalue weighted by molar-refractivity contribution is 7.17. The third kappa shape index (κ3) is 5.24. The van der Waals surface area contributed by atoms with E-state index >= 15 is 0 Å². The Morgan fingerprint density at radius 2 is 2.00 bits per heavy atom. The van der Waals surface area contributed by atoms with Crippen molar-refractivity contribution in [2.45, 2.75) is 63.5 Å². The molecule has 32 heavy (non-hydrogen) atoms. The fourth-order valence-corrected chi connectivity index (χ4v) is 4.93. The summed E-state index contributed by atoms with van der Waals surface area (Å²) in [6, 6.07) is 3.98. The molecule has 0 bridgehead atoms. The molecule has 4 unspecified atom stereocenters. The molecule has 0 saturated carbocycles. The molecular weight excluding hydrogens is 443 g/mol. The van der Waals surface area contributed by atoms with Crippen LogP contribution in [0.2, 0.25) is 0 Å². The number of hydrogen-bond donors (Lipinski definition) is 3.